The van der Waals surface area contributed by atoms with Crippen LogP contribution in [-0.4, -0.2) is 50.5 Å². The molecule has 1 unspecified atom stereocenters. The normalized spacial score (nSPS) is 32.9. The first kappa shape index (κ1) is 20.3. The molecule has 0 spiro atoms. The highest BCUT2D eigenvalue weighted by Crippen LogP contribution is 2.58. The van der Waals surface area contributed by atoms with Crippen molar-refractivity contribution in [2.45, 2.75) is 57.4 Å². The highest BCUT2D eigenvalue weighted by atomic mass is 16.5. The SMILES string of the molecule is [B]c1cc(C2[C@H]3CN(C(=O)C4CC(C)(NC(=O)OC)C4)C[C@@H]23)cc(C(C)(C)C)c1. The van der Waals surface area contributed by atoms with E-state index >= 15 is 0 Å². The molecule has 1 heterocycles. The number of carbonyl (C=O) groups excluding carboxylic acids is 2. The van der Waals surface area contributed by atoms with Crippen LogP contribution in [0.1, 0.15) is 57.6 Å². The molecule has 1 N–H and O–H groups in total. The molecule has 4 rings (SSSR count). The van der Waals surface area contributed by atoms with Crippen LogP contribution in [0.3, 0.4) is 0 Å². The summed E-state index contributed by atoms with van der Waals surface area (Å²) in [5.41, 5.74) is 3.18. The molecule has 3 fully saturated rings. The van der Waals surface area contributed by atoms with Crippen LogP contribution >= 0.6 is 0 Å². The first-order valence-electron chi connectivity index (χ1n) is 10.6. The van der Waals surface area contributed by atoms with Crippen LogP contribution < -0.4 is 10.8 Å². The third-order valence-corrected chi connectivity index (χ3v) is 7.07. The summed E-state index contributed by atoms with van der Waals surface area (Å²) in [6.45, 7) is 10.3. The van der Waals surface area contributed by atoms with Crippen molar-refractivity contribution >= 4 is 25.3 Å². The molecule has 1 saturated heterocycles. The van der Waals surface area contributed by atoms with Crippen LogP contribution in [0.5, 0.6) is 0 Å². The molecule has 154 valence electrons. The molecular weight excluding hydrogens is 363 g/mol. The van der Waals surface area contributed by atoms with Crippen LogP contribution in [-0.2, 0) is 14.9 Å². The number of ether oxygens (including phenoxy) is 1. The lowest BCUT2D eigenvalue weighted by Gasteiger charge is -2.45. The highest BCUT2D eigenvalue weighted by molar-refractivity contribution is 6.32. The number of hydrogen-bond acceptors (Lipinski definition) is 3. The van der Waals surface area contributed by atoms with Crippen LogP contribution in [0.15, 0.2) is 18.2 Å². The van der Waals surface area contributed by atoms with E-state index in [0.29, 0.717) is 30.6 Å². The van der Waals surface area contributed by atoms with Gasteiger partial charge in [0.2, 0.25) is 5.91 Å². The van der Waals surface area contributed by atoms with Crippen molar-refractivity contribution in [2.24, 2.45) is 17.8 Å². The number of nitrogens with one attached hydrogen (secondary N) is 1. The third-order valence-electron chi connectivity index (χ3n) is 7.07. The molecule has 2 amide bonds. The summed E-state index contributed by atoms with van der Waals surface area (Å²) in [6.07, 6.45) is 0.932. The van der Waals surface area contributed by atoms with E-state index in [-0.39, 0.29) is 22.8 Å². The largest absolute Gasteiger partial charge is 0.453 e. The Hall–Kier alpha value is -1.98. The average Bonchev–Trinajstić information content (AvgIpc) is 3.11. The molecule has 0 bridgehead atoms. The number of carbonyl (C=O) groups is 2. The number of hydrogen-bond donors (Lipinski definition) is 1. The number of methoxy groups -OCH3 is 1. The topological polar surface area (TPSA) is 58.6 Å². The lowest BCUT2D eigenvalue weighted by atomic mass is 9.69. The minimum absolute atomic E-state index is 0.00738. The van der Waals surface area contributed by atoms with Gasteiger partial charge in [-0.1, -0.05) is 44.4 Å². The van der Waals surface area contributed by atoms with Gasteiger partial charge >= 0.3 is 6.09 Å². The maximum atomic E-state index is 12.9. The van der Waals surface area contributed by atoms with Crippen molar-refractivity contribution in [3.8, 4) is 0 Å². The zero-order valence-corrected chi connectivity index (χ0v) is 18.1. The lowest BCUT2D eigenvalue weighted by Crippen LogP contribution is -2.58. The van der Waals surface area contributed by atoms with E-state index in [1.807, 2.05) is 11.8 Å². The van der Waals surface area contributed by atoms with Gasteiger partial charge in [-0.2, -0.15) is 0 Å². The Balaban J connectivity index is 1.34. The van der Waals surface area contributed by atoms with E-state index in [4.69, 9.17) is 7.85 Å². The fraction of sp³-hybridized carbons (Fsp3) is 0.652. The summed E-state index contributed by atoms with van der Waals surface area (Å²) >= 11 is 0. The quantitative estimate of drug-likeness (QED) is 0.802. The molecule has 1 aromatic carbocycles. The zero-order chi connectivity index (χ0) is 21.1. The highest BCUT2D eigenvalue weighted by Gasteiger charge is 2.58. The van der Waals surface area contributed by atoms with Crippen LogP contribution in [0.25, 0.3) is 0 Å². The predicted molar refractivity (Wildman–Crippen MR) is 114 cm³/mol. The molecule has 2 radical (unpaired) electrons. The number of likely N-dealkylation sites (tertiary alicyclic amines) is 1. The molecule has 0 aromatic heterocycles. The molecule has 3 aliphatic rings. The minimum Gasteiger partial charge on any atom is -0.453 e. The molecule has 2 aliphatic carbocycles. The maximum Gasteiger partial charge on any atom is 0.407 e. The van der Waals surface area contributed by atoms with E-state index < -0.39 is 6.09 Å². The molecule has 29 heavy (non-hydrogen) atoms. The second-order valence-corrected chi connectivity index (χ2v) is 10.5. The van der Waals surface area contributed by atoms with Crippen molar-refractivity contribution < 1.29 is 14.3 Å². The molecule has 3 atom stereocenters. The number of alkyl carbamates (subject to hydrolysis) is 1. The molecule has 1 aliphatic heterocycles. The van der Waals surface area contributed by atoms with Crippen molar-refractivity contribution in [3.63, 3.8) is 0 Å². The summed E-state index contributed by atoms with van der Waals surface area (Å²) in [4.78, 5) is 26.4. The Morgan fingerprint density at radius 1 is 1.17 bits per heavy atom. The maximum absolute atomic E-state index is 12.9. The Labute approximate surface area is 175 Å². The minimum atomic E-state index is -0.430. The molecule has 6 heteroatoms. The van der Waals surface area contributed by atoms with Gasteiger partial charge in [0.1, 0.15) is 7.85 Å². The predicted octanol–water partition coefficient (Wildman–Crippen LogP) is 2.47. The Morgan fingerprint density at radius 3 is 2.34 bits per heavy atom. The second kappa shape index (κ2) is 6.78. The summed E-state index contributed by atoms with van der Waals surface area (Å²) < 4.78 is 4.67. The zero-order valence-electron chi connectivity index (χ0n) is 18.1. The van der Waals surface area contributed by atoms with Gasteiger partial charge in [0.15, 0.2) is 0 Å². The van der Waals surface area contributed by atoms with Crippen molar-refractivity contribution in [1.29, 1.82) is 0 Å². The van der Waals surface area contributed by atoms with Crippen molar-refractivity contribution in [1.82, 2.24) is 10.2 Å². The van der Waals surface area contributed by atoms with E-state index in [2.05, 4.69) is 49.0 Å². The Bertz CT molecular complexity index is 829. The monoisotopic (exact) mass is 394 g/mol. The van der Waals surface area contributed by atoms with E-state index in [0.717, 1.165) is 18.6 Å². The summed E-state index contributed by atoms with van der Waals surface area (Å²) in [5, 5.41) is 2.84. The number of amides is 2. The molecular formula is C23H31BN2O3. The van der Waals surface area contributed by atoms with Gasteiger partial charge in [0, 0.05) is 24.5 Å². The molecule has 2 saturated carbocycles. The summed E-state index contributed by atoms with van der Waals surface area (Å²) in [5.74, 6) is 1.87. The first-order chi connectivity index (χ1) is 13.5. The van der Waals surface area contributed by atoms with Gasteiger partial charge in [-0.3, -0.25) is 4.79 Å². The number of rotatable bonds is 3. The standard InChI is InChI=1S/C23H31BN2O3/c1-22(2,3)15-6-13(7-16(24)8-15)19-17-11-26(12-18(17)19)20(27)14-9-23(4,10-14)25-21(28)29-5/h6-8,14,17-19H,9-12H2,1-5H3,(H,25,28)/t14?,17-,18+,19?,23?. The van der Waals surface area contributed by atoms with Crippen molar-refractivity contribution in [2.75, 3.05) is 20.2 Å². The third kappa shape index (κ3) is 3.78. The van der Waals surface area contributed by atoms with E-state index in [9.17, 15) is 9.59 Å². The lowest BCUT2D eigenvalue weighted by molar-refractivity contribution is -0.140. The summed E-state index contributed by atoms with van der Waals surface area (Å²) in [6, 6.07) is 6.50. The van der Waals surface area contributed by atoms with Crippen molar-refractivity contribution in [3.05, 3.63) is 29.3 Å². The fourth-order valence-electron chi connectivity index (χ4n) is 5.36. The van der Waals surface area contributed by atoms with Gasteiger partial charge in [0.25, 0.3) is 0 Å². The van der Waals surface area contributed by atoms with Gasteiger partial charge in [-0.05, 0) is 54.1 Å². The van der Waals surface area contributed by atoms with Crippen LogP contribution in [0, 0.1) is 17.8 Å². The molecule has 1 aromatic rings. The molecule has 5 nitrogen and oxygen atoms in total. The number of fused-ring (bicyclic) bond motifs is 1. The fourth-order valence-corrected chi connectivity index (χ4v) is 5.36. The first-order valence-corrected chi connectivity index (χ1v) is 10.6. The number of piperidine rings is 1. The van der Waals surface area contributed by atoms with Gasteiger partial charge in [-0.25, -0.2) is 4.79 Å². The second-order valence-electron chi connectivity index (χ2n) is 10.5. The number of nitrogens with zero attached hydrogens (tertiary/aromatic N) is 1. The summed E-state index contributed by atoms with van der Waals surface area (Å²) in [7, 11) is 7.54. The van der Waals surface area contributed by atoms with Gasteiger partial charge in [-0.15, -0.1) is 0 Å². The Morgan fingerprint density at radius 2 is 1.79 bits per heavy atom. The average molecular weight is 394 g/mol. The number of benzene rings is 1. The van der Waals surface area contributed by atoms with Crippen LogP contribution in [0.4, 0.5) is 4.79 Å². The smallest absolute Gasteiger partial charge is 0.407 e. The Kier molecular flexibility index (Phi) is 4.75. The van der Waals surface area contributed by atoms with Gasteiger partial charge in [0.05, 0.1) is 7.11 Å². The van der Waals surface area contributed by atoms with E-state index in [1.54, 1.807) is 0 Å². The van der Waals surface area contributed by atoms with Crippen LogP contribution in [0.2, 0.25) is 0 Å². The van der Waals surface area contributed by atoms with Gasteiger partial charge < -0.3 is 15.0 Å². The van der Waals surface area contributed by atoms with E-state index in [1.165, 1.54) is 18.2 Å².